The van der Waals surface area contributed by atoms with Crippen molar-refractivity contribution in [1.82, 2.24) is 5.32 Å². The van der Waals surface area contributed by atoms with Crippen LogP contribution < -0.4 is 10.2 Å². The van der Waals surface area contributed by atoms with Crippen molar-refractivity contribution in [3.63, 3.8) is 0 Å². The minimum atomic E-state index is -0.339. The molecule has 1 aliphatic heterocycles. The van der Waals surface area contributed by atoms with Crippen molar-refractivity contribution in [3.05, 3.63) is 64.9 Å². The normalized spacial score (nSPS) is 17.2. The molecule has 0 radical (unpaired) electrons. The van der Waals surface area contributed by atoms with Gasteiger partial charge >= 0.3 is 0 Å². The highest BCUT2D eigenvalue weighted by molar-refractivity contribution is 6.33. The smallest absolute Gasteiger partial charge is 0.252 e. The monoisotopic (exact) mass is 346 g/mol. The van der Waals surface area contributed by atoms with Crippen LogP contribution in [-0.4, -0.2) is 24.9 Å². The van der Waals surface area contributed by atoms with E-state index in [2.05, 4.69) is 5.32 Å². The van der Waals surface area contributed by atoms with Gasteiger partial charge in [-0.1, -0.05) is 23.7 Å². The first-order valence-electron chi connectivity index (χ1n) is 7.63. The average Bonchev–Trinajstić information content (AvgIpc) is 2.95. The van der Waals surface area contributed by atoms with Crippen LogP contribution in [-0.2, 0) is 4.79 Å². The lowest BCUT2D eigenvalue weighted by Gasteiger charge is -2.17. The number of carbonyl (C=O) groups excluding carboxylic acids is 2. The lowest BCUT2D eigenvalue weighted by molar-refractivity contribution is -0.117. The van der Waals surface area contributed by atoms with Crippen LogP contribution in [0.2, 0.25) is 5.02 Å². The fraction of sp³-hybridized carbons (Fsp3) is 0.222. The summed E-state index contributed by atoms with van der Waals surface area (Å²) in [5, 5.41) is 3.22. The Morgan fingerprint density at radius 3 is 2.62 bits per heavy atom. The van der Waals surface area contributed by atoms with Gasteiger partial charge in [0.2, 0.25) is 5.91 Å². The molecule has 0 saturated carbocycles. The van der Waals surface area contributed by atoms with E-state index in [1.165, 1.54) is 12.1 Å². The summed E-state index contributed by atoms with van der Waals surface area (Å²) in [6.07, 6.45) is 0.347. The third-order valence-corrected chi connectivity index (χ3v) is 4.34. The molecule has 0 aliphatic carbocycles. The Morgan fingerprint density at radius 1 is 1.21 bits per heavy atom. The van der Waals surface area contributed by atoms with Crippen LogP contribution in [0.15, 0.2) is 48.5 Å². The van der Waals surface area contributed by atoms with Crippen molar-refractivity contribution in [3.8, 4) is 0 Å². The highest BCUT2D eigenvalue weighted by Crippen LogP contribution is 2.25. The van der Waals surface area contributed by atoms with E-state index in [-0.39, 0.29) is 23.5 Å². The predicted octanol–water partition coefficient (Wildman–Crippen LogP) is 3.26. The molecule has 0 bridgehead atoms. The third-order valence-electron chi connectivity index (χ3n) is 4.01. The second-order valence-corrected chi connectivity index (χ2v) is 6.15. The number of hydrogen-bond acceptors (Lipinski definition) is 2. The highest BCUT2D eigenvalue weighted by atomic mass is 35.5. The zero-order valence-corrected chi connectivity index (χ0v) is 13.6. The van der Waals surface area contributed by atoms with E-state index in [0.29, 0.717) is 35.8 Å². The number of carbonyl (C=O) groups is 2. The van der Waals surface area contributed by atoms with Crippen molar-refractivity contribution in [2.45, 2.75) is 6.42 Å². The van der Waals surface area contributed by atoms with E-state index < -0.39 is 0 Å². The lowest BCUT2D eigenvalue weighted by Crippen LogP contribution is -2.31. The topological polar surface area (TPSA) is 49.4 Å². The highest BCUT2D eigenvalue weighted by Gasteiger charge is 2.30. The van der Waals surface area contributed by atoms with E-state index >= 15 is 0 Å². The number of benzene rings is 2. The fourth-order valence-electron chi connectivity index (χ4n) is 2.77. The van der Waals surface area contributed by atoms with Gasteiger partial charge in [0, 0.05) is 31.1 Å². The van der Waals surface area contributed by atoms with E-state index in [1.807, 2.05) is 0 Å². The molecule has 1 N–H and O–H groups in total. The van der Waals surface area contributed by atoms with E-state index in [1.54, 1.807) is 41.3 Å². The molecule has 2 amide bonds. The summed E-state index contributed by atoms with van der Waals surface area (Å²) in [7, 11) is 0. The van der Waals surface area contributed by atoms with Gasteiger partial charge in [-0.05, 0) is 36.4 Å². The Hall–Kier alpha value is -2.40. The van der Waals surface area contributed by atoms with Gasteiger partial charge in [0.15, 0.2) is 0 Å². The number of anilines is 1. The number of nitrogens with zero attached hydrogens (tertiary/aromatic N) is 1. The number of hydrogen-bond donors (Lipinski definition) is 1. The molecule has 3 rings (SSSR count). The summed E-state index contributed by atoms with van der Waals surface area (Å²) in [6, 6.07) is 12.6. The van der Waals surface area contributed by atoms with Gasteiger partial charge in [-0.15, -0.1) is 0 Å². The Balaban J connectivity index is 1.59. The van der Waals surface area contributed by atoms with E-state index in [0.717, 1.165) is 0 Å². The summed E-state index contributed by atoms with van der Waals surface area (Å²) in [4.78, 5) is 25.9. The maximum Gasteiger partial charge on any atom is 0.252 e. The molecule has 1 fully saturated rings. The molecule has 124 valence electrons. The van der Waals surface area contributed by atoms with E-state index in [4.69, 9.17) is 11.6 Å². The molecule has 4 nitrogen and oxygen atoms in total. The molecule has 1 aliphatic rings. The SMILES string of the molecule is O=C(NC[C@@H]1CC(=O)N(c2ccc(F)cc2)C1)c1ccccc1Cl. The minimum absolute atomic E-state index is 0.00832. The zero-order chi connectivity index (χ0) is 17.1. The molecule has 2 aromatic rings. The predicted molar refractivity (Wildman–Crippen MR) is 90.6 cm³/mol. The van der Waals surface area contributed by atoms with Crippen molar-refractivity contribution < 1.29 is 14.0 Å². The Labute approximate surface area is 144 Å². The molecule has 24 heavy (non-hydrogen) atoms. The Kier molecular flexibility index (Phi) is 4.81. The summed E-state index contributed by atoms with van der Waals surface area (Å²) in [5.41, 5.74) is 1.08. The number of amides is 2. The van der Waals surface area contributed by atoms with Gasteiger partial charge in [-0.2, -0.15) is 0 Å². The molecule has 0 spiro atoms. The summed E-state index contributed by atoms with van der Waals surface area (Å²) in [5.74, 6) is -0.616. The van der Waals surface area contributed by atoms with Crippen LogP contribution in [0.5, 0.6) is 0 Å². The summed E-state index contributed by atoms with van der Waals surface area (Å²) < 4.78 is 13.0. The molecule has 1 saturated heterocycles. The first-order valence-corrected chi connectivity index (χ1v) is 8.01. The average molecular weight is 347 g/mol. The van der Waals surface area contributed by atoms with Crippen LogP contribution in [0, 0.1) is 11.7 Å². The molecular formula is C18H16ClFN2O2. The lowest BCUT2D eigenvalue weighted by atomic mass is 10.1. The molecule has 2 aromatic carbocycles. The fourth-order valence-corrected chi connectivity index (χ4v) is 2.99. The van der Waals surface area contributed by atoms with Crippen molar-refractivity contribution in [2.75, 3.05) is 18.0 Å². The van der Waals surface area contributed by atoms with E-state index in [9.17, 15) is 14.0 Å². The Morgan fingerprint density at radius 2 is 1.92 bits per heavy atom. The molecular weight excluding hydrogens is 331 g/mol. The quantitative estimate of drug-likeness (QED) is 0.923. The molecule has 1 atom stereocenters. The van der Waals surface area contributed by atoms with Crippen LogP contribution in [0.1, 0.15) is 16.8 Å². The number of nitrogens with one attached hydrogen (secondary N) is 1. The largest absolute Gasteiger partial charge is 0.352 e. The summed E-state index contributed by atoms with van der Waals surface area (Å²) in [6.45, 7) is 0.876. The summed E-state index contributed by atoms with van der Waals surface area (Å²) >= 11 is 6.00. The molecule has 6 heteroatoms. The van der Waals surface area contributed by atoms with Crippen LogP contribution in [0.25, 0.3) is 0 Å². The van der Waals surface area contributed by atoms with Gasteiger partial charge in [0.05, 0.1) is 10.6 Å². The van der Waals surface area contributed by atoms with Crippen LogP contribution in [0.3, 0.4) is 0 Å². The van der Waals surface area contributed by atoms with Gasteiger partial charge in [-0.25, -0.2) is 4.39 Å². The van der Waals surface area contributed by atoms with Crippen molar-refractivity contribution in [2.24, 2.45) is 5.92 Å². The first-order chi connectivity index (χ1) is 11.5. The second-order valence-electron chi connectivity index (χ2n) is 5.74. The first kappa shape index (κ1) is 16.5. The number of halogens is 2. The minimum Gasteiger partial charge on any atom is -0.352 e. The standard InChI is InChI=1S/C18H16ClFN2O2/c19-16-4-2-1-3-15(16)18(24)21-10-12-9-17(23)22(11-12)14-7-5-13(20)6-8-14/h1-8,12H,9-11H2,(H,21,24)/t12-/m0/s1. The zero-order valence-electron chi connectivity index (χ0n) is 12.8. The van der Waals surface area contributed by atoms with Crippen LogP contribution in [0.4, 0.5) is 10.1 Å². The van der Waals surface area contributed by atoms with Gasteiger partial charge in [0.25, 0.3) is 5.91 Å². The Bertz CT molecular complexity index is 764. The van der Waals surface area contributed by atoms with Crippen molar-refractivity contribution >= 4 is 29.1 Å². The van der Waals surface area contributed by atoms with Crippen LogP contribution >= 0.6 is 11.6 Å². The molecule has 0 aromatic heterocycles. The third kappa shape index (κ3) is 3.57. The van der Waals surface area contributed by atoms with Crippen molar-refractivity contribution in [1.29, 1.82) is 0 Å². The van der Waals surface area contributed by atoms with Gasteiger partial charge in [-0.3, -0.25) is 9.59 Å². The maximum atomic E-state index is 13.0. The maximum absolute atomic E-state index is 13.0. The number of rotatable bonds is 4. The molecule has 1 heterocycles. The van der Waals surface area contributed by atoms with Gasteiger partial charge < -0.3 is 10.2 Å². The molecule has 0 unspecified atom stereocenters. The van der Waals surface area contributed by atoms with Gasteiger partial charge in [0.1, 0.15) is 5.82 Å². The second kappa shape index (κ2) is 7.01.